The van der Waals surface area contributed by atoms with Gasteiger partial charge in [0.1, 0.15) is 0 Å². The largest absolute Gasteiger partial charge is 0.310 e. The molecule has 2 aliphatic rings. The summed E-state index contributed by atoms with van der Waals surface area (Å²) in [6.07, 6.45) is 0. The summed E-state index contributed by atoms with van der Waals surface area (Å²) in [6, 6.07) is 106. The van der Waals surface area contributed by atoms with Crippen LogP contribution in [0.2, 0.25) is 0 Å². The number of hydrogen-bond acceptors (Lipinski definition) is 2. The molecule has 0 amide bonds. The quantitative estimate of drug-likeness (QED) is 0.126. The fourth-order valence-electron chi connectivity index (χ4n) is 12.9. The van der Waals surface area contributed by atoms with Crippen molar-refractivity contribution in [3.8, 4) is 66.8 Å². The van der Waals surface area contributed by atoms with Gasteiger partial charge in [0.15, 0.2) is 0 Å². The van der Waals surface area contributed by atoms with Gasteiger partial charge < -0.3 is 9.80 Å². The molecule has 0 radical (unpaired) electrons. The van der Waals surface area contributed by atoms with Gasteiger partial charge in [-0.15, -0.1) is 0 Å². The van der Waals surface area contributed by atoms with E-state index in [9.17, 15) is 0 Å². The van der Waals surface area contributed by atoms with Gasteiger partial charge in [0.05, 0.1) is 11.4 Å². The Morgan fingerprint density at radius 2 is 0.575 bits per heavy atom. The van der Waals surface area contributed by atoms with E-state index in [0.29, 0.717) is 0 Å². The smallest absolute Gasteiger partial charge is 0.252 e. The molecule has 380 valence electrons. The molecule has 0 aliphatic carbocycles. The molecule has 12 aromatic rings. The summed E-state index contributed by atoms with van der Waals surface area (Å²) in [4.78, 5) is 5.34. The highest BCUT2D eigenvalue weighted by Crippen LogP contribution is 2.54. The van der Waals surface area contributed by atoms with E-state index in [1.165, 1.54) is 117 Å². The molecule has 2 nitrogen and oxygen atoms in total. The molecular formula is C77H59BN2. The molecule has 0 N–H and O–H groups in total. The summed E-state index contributed by atoms with van der Waals surface area (Å²) in [5, 5.41) is 0. The first-order valence-electron chi connectivity index (χ1n) is 28.0. The fourth-order valence-corrected chi connectivity index (χ4v) is 12.9. The number of anilines is 6. The third-order valence-electron chi connectivity index (χ3n) is 16.8. The van der Waals surface area contributed by atoms with E-state index in [0.717, 1.165) is 22.7 Å². The average molecular weight is 1020 g/mol. The van der Waals surface area contributed by atoms with Crippen molar-refractivity contribution in [1.29, 1.82) is 0 Å². The number of rotatable bonds is 10. The molecular weight excluding hydrogens is 964 g/mol. The van der Waals surface area contributed by atoms with Gasteiger partial charge in [-0.05, 0) is 146 Å². The van der Waals surface area contributed by atoms with E-state index < -0.39 is 5.41 Å². The predicted molar refractivity (Wildman–Crippen MR) is 341 cm³/mol. The zero-order valence-corrected chi connectivity index (χ0v) is 45.6. The molecule has 0 bridgehead atoms. The van der Waals surface area contributed by atoms with Crippen LogP contribution in [0.1, 0.15) is 36.1 Å². The van der Waals surface area contributed by atoms with Crippen LogP contribution in [0.4, 0.5) is 34.1 Å². The summed E-state index contributed by atoms with van der Waals surface area (Å²) >= 11 is 0. The van der Waals surface area contributed by atoms with Crippen LogP contribution < -0.4 is 26.2 Å². The molecule has 0 saturated heterocycles. The summed E-state index contributed by atoms with van der Waals surface area (Å²) in [7, 11) is 0. The van der Waals surface area contributed by atoms with Gasteiger partial charge in [-0.3, -0.25) is 0 Å². The minimum atomic E-state index is -0.426. The van der Waals surface area contributed by atoms with Gasteiger partial charge in [-0.1, -0.05) is 250 Å². The molecule has 2 heterocycles. The summed E-state index contributed by atoms with van der Waals surface area (Å²) < 4.78 is 0. The second kappa shape index (κ2) is 20.0. The van der Waals surface area contributed by atoms with Crippen molar-refractivity contribution in [3.05, 3.63) is 307 Å². The van der Waals surface area contributed by atoms with Crippen LogP contribution in [0.5, 0.6) is 0 Å². The summed E-state index contributed by atoms with van der Waals surface area (Å²) in [5.74, 6) is 0. The minimum Gasteiger partial charge on any atom is -0.310 e. The molecule has 0 atom stereocenters. The van der Waals surface area contributed by atoms with Gasteiger partial charge in [-0.2, -0.15) is 0 Å². The van der Waals surface area contributed by atoms with Crippen molar-refractivity contribution in [2.45, 2.75) is 33.1 Å². The molecule has 12 aromatic carbocycles. The van der Waals surface area contributed by atoms with Crippen LogP contribution in [0.25, 0.3) is 66.8 Å². The van der Waals surface area contributed by atoms with Crippen molar-refractivity contribution in [1.82, 2.24) is 0 Å². The molecule has 14 rings (SSSR count). The first-order chi connectivity index (χ1) is 39.3. The van der Waals surface area contributed by atoms with E-state index in [1.807, 2.05) is 0 Å². The standard InChI is InChI=1S/C77H59BN2/c1-52-44-64(56-30-16-7-17-31-56)75(65(45-52)57-32-18-8-19-33-57)79-70-42-40-60(54-26-12-5-13-27-54)48-68(70)78-69-49-61(55-28-14-6-15-29-55)41-43-71(69)80(73-51-63(50-72(79)74(73)78)77(3,4)62-38-24-11-25-39-62)76-66(58-34-20-9-21-35-58)46-53(2)47-67(76)59-36-22-10-23-37-59/h5-51H,1-4H3. The number of fused-ring (bicyclic) bond motifs is 4. The highest BCUT2D eigenvalue weighted by Gasteiger charge is 2.46. The zero-order chi connectivity index (χ0) is 53.9. The molecule has 0 aromatic heterocycles. The lowest BCUT2D eigenvalue weighted by Gasteiger charge is -2.47. The maximum Gasteiger partial charge on any atom is 0.252 e. The Hall–Kier alpha value is -9.70. The average Bonchev–Trinajstić information content (AvgIpc) is 3.71. The van der Waals surface area contributed by atoms with E-state index in [4.69, 9.17) is 0 Å². The Bertz CT molecular complexity index is 3890. The maximum atomic E-state index is 2.67. The molecule has 0 spiro atoms. The minimum absolute atomic E-state index is 0.171. The Labute approximate surface area is 471 Å². The van der Waals surface area contributed by atoms with Crippen LogP contribution in [0.15, 0.2) is 285 Å². The van der Waals surface area contributed by atoms with Crippen LogP contribution in [-0.2, 0) is 5.41 Å². The monoisotopic (exact) mass is 1020 g/mol. The normalized spacial score (nSPS) is 12.4. The van der Waals surface area contributed by atoms with Crippen LogP contribution in [0.3, 0.4) is 0 Å². The van der Waals surface area contributed by atoms with Gasteiger partial charge >= 0.3 is 0 Å². The number of nitrogens with zero attached hydrogens (tertiary/aromatic N) is 2. The van der Waals surface area contributed by atoms with E-state index in [1.54, 1.807) is 0 Å². The summed E-state index contributed by atoms with van der Waals surface area (Å²) in [5.41, 5.74) is 29.4. The Balaban J connectivity index is 1.19. The lowest BCUT2D eigenvalue weighted by molar-refractivity contribution is 0.641. The highest BCUT2D eigenvalue weighted by atomic mass is 15.2. The first-order valence-corrected chi connectivity index (χ1v) is 28.0. The molecule has 3 heteroatoms. The molecule has 80 heavy (non-hydrogen) atoms. The SMILES string of the molecule is Cc1cc(-c2ccccc2)c(N2c3ccc(-c4ccccc4)cc3B3c4cc(-c5ccccc5)ccc4N(c4c(-c5ccccc5)cc(C)cc4-c4ccccc4)c4cc(C(C)(C)c5ccccc5)cc2c43)c(-c2ccccc2)c1. The Kier molecular flexibility index (Phi) is 12.1. The Morgan fingerprint density at radius 1 is 0.275 bits per heavy atom. The zero-order valence-electron chi connectivity index (χ0n) is 45.6. The lowest BCUT2D eigenvalue weighted by Crippen LogP contribution is -2.61. The van der Waals surface area contributed by atoms with Crippen LogP contribution in [0, 0.1) is 13.8 Å². The predicted octanol–water partition coefficient (Wildman–Crippen LogP) is 18.7. The third kappa shape index (κ3) is 8.37. The molecule has 0 fully saturated rings. The third-order valence-corrected chi connectivity index (χ3v) is 16.8. The van der Waals surface area contributed by atoms with Gasteiger partial charge in [0, 0.05) is 50.4 Å². The number of benzene rings is 12. The van der Waals surface area contributed by atoms with Crippen molar-refractivity contribution in [3.63, 3.8) is 0 Å². The summed E-state index contributed by atoms with van der Waals surface area (Å²) in [6.45, 7) is 9.13. The van der Waals surface area contributed by atoms with Gasteiger partial charge in [0.25, 0.3) is 6.71 Å². The van der Waals surface area contributed by atoms with Gasteiger partial charge in [0.2, 0.25) is 0 Å². The Morgan fingerprint density at radius 3 is 0.900 bits per heavy atom. The van der Waals surface area contributed by atoms with Crippen molar-refractivity contribution in [2.24, 2.45) is 0 Å². The van der Waals surface area contributed by atoms with Crippen molar-refractivity contribution in [2.75, 3.05) is 9.80 Å². The molecule has 2 aliphatic heterocycles. The topological polar surface area (TPSA) is 6.48 Å². The van der Waals surface area contributed by atoms with E-state index >= 15 is 0 Å². The molecule has 0 saturated carbocycles. The second-order valence-electron chi connectivity index (χ2n) is 22.2. The van der Waals surface area contributed by atoms with Crippen LogP contribution >= 0.6 is 0 Å². The van der Waals surface area contributed by atoms with E-state index in [-0.39, 0.29) is 6.71 Å². The number of aryl methyl sites for hydroxylation is 2. The van der Waals surface area contributed by atoms with Crippen LogP contribution in [-0.4, -0.2) is 6.71 Å². The maximum absolute atomic E-state index is 2.67. The lowest BCUT2D eigenvalue weighted by atomic mass is 9.33. The van der Waals surface area contributed by atoms with E-state index in [2.05, 4.69) is 323 Å². The van der Waals surface area contributed by atoms with Crippen molar-refractivity contribution < 1.29 is 0 Å². The van der Waals surface area contributed by atoms with Gasteiger partial charge in [-0.25, -0.2) is 0 Å². The highest BCUT2D eigenvalue weighted by molar-refractivity contribution is 7.00. The molecule has 0 unspecified atom stereocenters. The number of hydrogen-bond donors (Lipinski definition) is 0. The first kappa shape index (κ1) is 48.7. The second-order valence-corrected chi connectivity index (χ2v) is 22.2. The van der Waals surface area contributed by atoms with Crippen molar-refractivity contribution >= 4 is 57.2 Å². The fraction of sp³-hybridized carbons (Fsp3) is 0.0649.